The quantitative estimate of drug-likeness (QED) is 0.367. The van der Waals surface area contributed by atoms with E-state index in [9.17, 15) is 9.67 Å². The zero-order chi connectivity index (χ0) is 20.7. The molecule has 0 bridgehead atoms. The summed E-state index contributed by atoms with van der Waals surface area (Å²) in [7, 11) is -5.09. The highest BCUT2D eigenvalue weighted by molar-refractivity contribution is 7.46. The standard InChI is InChI=1S/C13H19N2O5P/c1-15(2,9-20-21(17,18)19)6-5-10-8-14-13-4-3-11(16)7-12(10)13/h3-4,7-8,14H,5-6,9H2,1-2H3,(H2-,16,17,18,19)/p+1/i1D3,2D3. The van der Waals surface area contributed by atoms with Crippen LogP contribution >= 0.6 is 7.82 Å². The van der Waals surface area contributed by atoms with Gasteiger partial charge in [0, 0.05) is 23.5 Å². The number of quaternary nitrogens is 1. The number of phenols is 1. The highest BCUT2D eigenvalue weighted by atomic mass is 31.2. The first-order valence-electron chi connectivity index (χ1n) is 9.03. The van der Waals surface area contributed by atoms with Gasteiger partial charge in [-0.15, -0.1) is 0 Å². The molecule has 0 spiro atoms. The molecule has 0 saturated heterocycles. The summed E-state index contributed by atoms with van der Waals surface area (Å²) >= 11 is 0. The Bertz CT molecular complexity index is 845. The smallest absolute Gasteiger partial charge is 0.474 e. The summed E-state index contributed by atoms with van der Waals surface area (Å²) in [6, 6.07) is 4.52. The van der Waals surface area contributed by atoms with E-state index in [1.54, 1.807) is 12.3 Å². The zero-order valence-corrected chi connectivity index (χ0v) is 11.9. The summed E-state index contributed by atoms with van der Waals surface area (Å²) in [5.74, 6) is -0.0134. The summed E-state index contributed by atoms with van der Waals surface area (Å²) in [5.41, 5.74) is 1.21. The van der Waals surface area contributed by atoms with Gasteiger partial charge in [0.1, 0.15) is 5.75 Å². The van der Waals surface area contributed by atoms with Gasteiger partial charge in [0.05, 0.1) is 28.7 Å². The average molecular weight is 321 g/mol. The molecule has 0 aliphatic carbocycles. The summed E-state index contributed by atoms with van der Waals surface area (Å²) in [6.07, 6.45) is 1.51. The number of benzene rings is 1. The lowest BCUT2D eigenvalue weighted by molar-refractivity contribution is -0.906. The molecule has 8 heteroatoms. The lowest BCUT2D eigenvalue weighted by Gasteiger charge is -2.29. The largest absolute Gasteiger partial charge is 0.508 e. The van der Waals surface area contributed by atoms with Gasteiger partial charge < -0.3 is 24.4 Å². The first-order chi connectivity index (χ1) is 12.2. The van der Waals surface area contributed by atoms with Crippen molar-refractivity contribution in [2.24, 2.45) is 0 Å². The van der Waals surface area contributed by atoms with Gasteiger partial charge in [-0.3, -0.25) is 0 Å². The van der Waals surface area contributed by atoms with E-state index in [1.807, 2.05) is 0 Å². The van der Waals surface area contributed by atoms with E-state index in [-0.39, 0.29) is 12.2 Å². The molecule has 116 valence electrons. The molecule has 1 heterocycles. The Morgan fingerprint density at radius 2 is 2.19 bits per heavy atom. The van der Waals surface area contributed by atoms with Crippen molar-refractivity contribution in [2.75, 3.05) is 27.2 Å². The maximum absolute atomic E-state index is 11.0. The molecule has 0 aliphatic heterocycles. The normalized spacial score (nSPS) is 18.4. The lowest BCUT2D eigenvalue weighted by atomic mass is 10.1. The van der Waals surface area contributed by atoms with Crippen LogP contribution in [0.3, 0.4) is 0 Å². The molecule has 21 heavy (non-hydrogen) atoms. The molecule has 2 aromatic rings. The topological polar surface area (TPSA) is 103 Å². The number of aromatic hydroxyl groups is 1. The number of phosphoric ester groups is 1. The van der Waals surface area contributed by atoms with Crippen LogP contribution in [0.5, 0.6) is 5.75 Å². The summed E-state index contributed by atoms with van der Waals surface area (Å²) in [6.45, 7) is -7.98. The first kappa shape index (κ1) is 9.61. The minimum Gasteiger partial charge on any atom is -0.508 e. The van der Waals surface area contributed by atoms with Gasteiger partial charge in [-0.1, -0.05) is 0 Å². The van der Waals surface area contributed by atoms with Crippen LogP contribution in [0.25, 0.3) is 10.9 Å². The number of H-pyrrole nitrogens is 1. The Hall–Kier alpha value is -1.37. The van der Waals surface area contributed by atoms with Gasteiger partial charge in [0.15, 0.2) is 6.73 Å². The van der Waals surface area contributed by atoms with Crippen molar-refractivity contribution in [3.63, 3.8) is 0 Å². The molecule has 0 saturated carbocycles. The molecule has 0 atom stereocenters. The number of phenolic OH excluding ortho intramolecular Hbond substituents is 1. The SMILES string of the molecule is [2H]C([2H])([2H])[N+](CCc1c[nH]c2ccc(O)cc12)(COP(=O)(O)O)C([2H])([2H])[2H]. The van der Waals surface area contributed by atoms with Crippen LogP contribution in [-0.2, 0) is 15.5 Å². The molecule has 1 aromatic carbocycles. The van der Waals surface area contributed by atoms with Crippen LogP contribution in [0, 0.1) is 0 Å². The molecule has 4 N–H and O–H groups in total. The van der Waals surface area contributed by atoms with Gasteiger partial charge in [-0.2, -0.15) is 0 Å². The molecule has 0 unspecified atom stereocenters. The van der Waals surface area contributed by atoms with E-state index in [0.29, 0.717) is 16.5 Å². The monoisotopic (exact) mass is 321 g/mol. The number of fused-ring (bicyclic) bond motifs is 1. The Labute approximate surface area is 131 Å². The predicted octanol–water partition coefficient (Wildman–Crippen LogP) is 1.56. The number of aromatic amines is 1. The zero-order valence-electron chi connectivity index (χ0n) is 17.0. The van der Waals surface area contributed by atoms with Crippen molar-refractivity contribution in [3.05, 3.63) is 30.0 Å². The molecule has 0 fully saturated rings. The highest BCUT2D eigenvalue weighted by Gasteiger charge is 2.23. The molecular weight excluding hydrogens is 295 g/mol. The lowest BCUT2D eigenvalue weighted by Crippen LogP contribution is -2.42. The van der Waals surface area contributed by atoms with Gasteiger partial charge >= 0.3 is 7.82 Å². The third kappa shape index (κ3) is 4.56. The van der Waals surface area contributed by atoms with E-state index >= 15 is 0 Å². The molecule has 0 amide bonds. The molecular formula is C13H20N2O5P+. The number of nitrogens with one attached hydrogen (secondary N) is 1. The molecule has 1 aromatic heterocycles. The number of hydrogen-bond donors (Lipinski definition) is 4. The van der Waals surface area contributed by atoms with Gasteiger partial charge in [-0.25, -0.2) is 9.09 Å². The van der Waals surface area contributed by atoms with Crippen LogP contribution in [0.2, 0.25) is 0 Å². The second-order valence-electron chi connectivity index (χ2n) is 4.73. The number of aromatic nitrogens is 1. The van der Waals surface area contributed by atoms with Crippen LogP contribution in [0.1, 0.15) is 13.8 Å². The van der Waals surface area contributed by atoms with E-state index in [0.717, 1.165) is 0 Å². The van der Waals surface area contributed by atoms with Gasteiger partial charge in [-0.05, 0) is 23.8 Å². The highest BCUT2D eigenvalue weighted by Crippen LogP contribution is 2.36. The maximum atomic E-state index is 11.0. The van der Waals surface area contributed by atoms with E-state index in [2.05, 4.69) is 9.51 Å². The predicted molar refractivity (Wildman–Crippen MR) is 78.6 cm³/mol. The molecule has 0 aliphatic rings. The van der Waals surface area contributed by atoms with Crippen LogP contribution < -0.4 is 0 Å². The fourth-order valence-electron chi connectivity index (χ4n) is 1.92. The van der Waals surface area contributed by atoms with Crippen molar-refractivity contribution in [1.82, 2.24) is 4.98 Å². The Kier molecular flexibility index (Phi) is 2.65. The van der Waals surface area contributed by atoms with E-state index in [1.165, 1.54) is 12.1 Å². The van der Waals surface area contributed by atoms with Crippen LogP contribution in [-0.4, -0.2) is 51.6 Å². The number of hydrogen-bond acceptors (Lipinski definition) is 3. The van der Waals surface area contributed by atoms with Crippen molar-refractivity contribution >= 4 is 18.7 Å². The minimum absolute atomic E-state index is 0.0134. The van der Waals surface area contributed by atoms with E-state index in [4.69, 9.17) is 18.0 Å². The van der Waals surface area contributed by atoms with Crippen molar-refractivity contribution < 1.29 is 36.7 Å². The summed E-state index contributed by atoms with van der Waals surface area (Å²) in [4.78, 5) is 20.8. The fourth-order valence-corrected chi connectivity index (χ4v) is 2.27. The van der Waals surface area contributed by atoms with Gasteiger partial charge in [0.25, 0.3) is 0 Å². The molecule has 2 rings (SSSR count). The van der Waals surface area contributed by atoms with Crippen molar-refractivity contribution in [3.8, 4) is 5.75 Å². The Morgan fingerprint density at radius 1 is 1.43 bits per heavy atom. The first-order valence-corrected chi connectivity index (χ1v) is 7.56. The third-order valence-corrected chi connectivity index (χ3v) is 3.41. The number of phosphoric acid groups is 1. The number of likely N-dealkylation sites (N-methyl/N-ethyl adjacent to an activating group) is 1. The Balaban J connectivity index is 2.41. The fraction of sp³-hybridized carbons (Fsp3) is 0.385. The summed E-state index contributed by atoms with van der Waals surface area (Å²) < 4.78 is 59.8. The van der Waals surface area contributed by atoms with E-state index < -0.39 is 39.5 Å². The number of nitrogens with zero attached hydrogens (tertiary/aromatic N) is 1. The van der Waals surface area contributed by atoms with Crippen LogP contribution in [0.4, 0.5) is 0 Å². The second kappa shape index (κ2) is 5.79. The average Bonchev–Trinajstić information content (AvgIpc) is 2.86. The molecule has 0 radical (unpaired) electrons. The number of rotatable bonds is 6. The second-order valence-corrected chi connectivity index (χ2v) is 5.97. The summed E-state index contributed by atoms with van der Waals surface area (Å²) in [5, 5.41) is 10.2. The van der Waals surface area contributed by atoms with Crippen LogP contribution in [0.15, 0.2) is 24.4 Å². The maximum Gasteiger partial charge on any atom is 0.474 e. The third-order valence-electron chi connectivity index (χ3n) is 2.96. The van der Waals surface area contributed by atoms with Crippen molar-refractivity contribution in [1.29, 1.82) is 0 Å². The van der Waals surface area contributed by atoms with Crippen molar-refractivity contribution in [2.45, 2.75) is 6.42 Å². The minimum atomic E-state index is -5.09. The molecule has 7 nitrogen and oxygen atoms in total. The Morgan fingerprint density at radius 3 is 2.86 bits per heavy atom. The van der Waals surface area contributed by atoms with Gasteiger partial charge in [0.2, 0.25) is 0 Å².